The molecule has 0 saturated heterocycles. The van der Waals surface area contributed by atoms with E-state index in [0.29, 0.717) is 11.1 Å². The molecule has 0 aliphatic heterocycles. The van der Waals surface area contributed by atoms with Gasteiger partial charge in [-0.3, -0.25) is 4.79 Å². The number of ketones is 1. The van der Waals surface area contributed by atoms with Gasteiger partial charge in [-0.1, -0.05) is 26.0 Å². The Bertz CT molecular complexity index is 385. The zero-order valence-electron chi connectivity index (χ0n) is 9.10. The van der Waals surface area contributed by atoms with Crippen molar-refractivity contribution in [3.05, 3.63) is 35.1 Å². The molecule has 0 fully saturated rings. The molecule has 1 rings (SSSR count). The molecule has 3 heteroatoms. The third-order valence-corrected chi connectivity index (χ3v) is 3.13. The second kappa shape index (κ2) is 4.31. The van der Waals surface area contributed by atoms with E-state index in [0.717, 1.165) is 0 Å². The van der Waals surface area contributed by atoms with Crippen molar-refractivity contribution in [2.75, 3.05) is 5.88 Å². The zero-order valence-corrected chi connectivity index (χ0v) is 9.86. The van der Waals surface area contributed by atoms with E-state index >= 15 is 0 Å². The Balaban J connectivity index is 3.18. The second-order valence-electron chi connectivity index (χ2n) is 4.26. The highest BCUT2D eigenvalue weighted by Gasteiger charge is 2.29. The SMILES string of the molecule is Cc1c(F)cccc1C(=O)C(C)(C)CCl. The lowest BCUT2D eigenvalue weighted by atomic mass is 9.84. The normalized spacial score (nSPS) is 11.5. The van der Waals surface area contributed by atoms with E-state index in [1.807, 2.05) is 0 Å². The minimum absolute atomic E-state index is 0.116. The maximum Gasteiger partial charge on any atom is 0.170 e. The van der Waals surface area contributed by atoms with E-state index in [2.05, 4.69) is 0 Å². The molecule has 0 aliphatic rings. The highest BCUT2D eigenvalue weighted by atomic mass is 35.5. The minimum atomic E-state index is -0.653. The van der Waals surface area contributed by atoms with Crippen LogP contribution >= 0.6 is 11.6 Å². The Kier molecular flexibility index (Phi) is 3.50. The molecule has 82 valence electrons. The van der Waals surface area contributed by atoms with Gasteiger partial charge in [-0.15, -0.1) is 11.6 Å². The quantitative estimate of drug-likeness (QED) is 0.571. The number of carbonyl (C=O) groups excluding carboxylic acids is 1. The molecule has 0 heterocycles. The molecule has 0 bridgehead atoms. The lowest BCUT2D eigenvalue weighted by Gasteiger charge is -2.20. The van der Waals surface area contributed by atoms with Crippen LogP contribution < -0.4 is 0 Å². The number of carbonyl (C=O) groups is 1. The molecule has 0 atom stereocenters. The van der Waals surface area contributed by atoms with Crippen molar-refractivity contribution >= 4 is 17.4 Å². The summed E-state index contributed by atoms with van der Waals surface area (Å²) in [4.78, 5) is 12.0. The molecule has 0 saturated carbocycles. The predicted octanol–water partition coefficient (Wildman–Crippen LogP) is 3.58. The number of rotatable bonds is 3. The van der Waals surface area contributed by atoms with E-state index in [1.54, 1.807) is 32.9 Å². The fraction of sp³-hybridized carbons (Fsp3) is 0.417. The topological polar surface area (TPSA) is 17.1 Å². The number of benzene rings is 1. The molecule has 0 amide bonds. The summed E-state index contributed by atoms with van der Waals surface area (Å²) in [6.07, 6.45) is 0. The van der Waals surface area contributed by atoms with Gasteiger partial charge in [-0.25, -0.2) is 4.39 Å². The molecular formula is C12H14ClFO. The maximum absolute atomic E-state index is 13.2. The van der Waals surface area contributed by atoms with Gasteiger partial charge < -0.3 is 0 Å². The Hall–Kier alpha value is -0.890. The summed E-state index contributed by atoms with van der Waals surface area (Å²) in [6.45, 7) is 5.12. The van der Waals surface area contributed by atoms with Gasteiger partial charge >= 0.3 is 0 Å². The van der Waals surface area contributed by atoms with Gasteiger partial charge in [0.2, 0.25) is 0 Å². The van der Waals surface area contributed by atoms with Gasteiger partial charge in [0.15, 0.2) is 5.78 Å². The molecule has 0 N–H and O–H groups in total. The van der Waals surface area contributed by atoms with E-state index in [1.165, 1.54) is 6.07 Å². The number of hydrogen-bond donors (Lipinski definition) is 0. The lowest BCUT2D eigenvalue weighted by molar-refractivity contribution is 0.0861. The number of halogens is 2. The van der Waals surface area contributed by atoms with E-state index in [9.17, 15) is 9.18 Å². The molecule has 0 unspecified atom stereocenters. The molecular weight excluding hydrogens is 215 g/mol. The summed E-state index contributed by atoms with van der Waals surface area (Å²) in [7, 11) is 0. The summed E-state index contributed by atoms with van der Waals surface area (Å²) < 4.78 is 13.2. The van der Waals surface area contributed by atoms with E-state index in [-0.39, 0.29) is 17.5 Å². The smallest absolute Gasteiger partial charge is 0.170 e. The maximum atomic E-state index is 13.2. The zero-order chi connectivity index (χ0) is 11.6. The van der Waals surface area contributed by atoms with Crippen LogP contribution in [0.3, 0.4) is 0 Å². The molecule has 15 heavy (non-hydrogen) atoms. The Labute approximate surface area is 94.3 Å². The van der Waals surface area contributed by atoms with E-state index in [4.69, 9.17) is 11.6 Å². The van der Waals surface area contributed by atoms with Gasteiger partial charge in [-0.2, -0.15) is 0 Å². The Morgan fingerprint density at radius 1 is 1.47 bits per heavy atom. The molecule has 1 aromatic carbocycles. The van der Waals surface area contributed by atoms with Crippen LogP contribution in [-0.2, 0) is 0 Å². The first-order chi connectivity index (χ1) is 6.90. The van der Waals surface area contributed by atoms with Crippen LogP contribution in [0.2, 0.25) is 0 Å². The van der Waals surface area contributed by atoms with Crippen LogP contribution in [0.15, 0.2) is 18.2 Å². The fourth-order valence-electron chi connectivity index (χ4n) is 1.28. The lowest BCUT2D eigenvalue weighted by Crippen LogP contribution is -2.27. The minimum Gasteiger partial charge on any atom is -0.294 e. The first-order valence-electron chi connectivity index (χ1n) is 4.76. The largest absolute Gasteiger partial charge is 0.294 e. The van der Waals surface area contributed by atoms with Crippen molar-refractivity contribution in [1.82, 2.24) is 0 Å². The van der Waals surface area contributed by atoms with Crippen LogP contribution in [0, 0.1) is 18.2 Å². The van der Waals surface area contributed by atoms with Crippen LogP contribution in [-0.4, -0.2) is 11.7 Å². The van der Waals surface area contributed by atoms with Crippen molar-refractivity contribution < 1.29 is 9.18 Å². The van der Waals surface area contributed by atoms with Crippen LogP contribution in [0.5, 0.6) is 0 Å². The van der Waals surface area contributed by atoms with Gasteiger partial charge in [0.05, 0.1) is 0 Å². The van der Waals surface area contributed by atoms with Crippen LogP contribution in [0.1, 0.15) is 29.8 Å². The molecule has 0 radical (unpaired) electrons. The van der Waals surface area contributed by atoms with Gasteiger partial charge in [-0.05, 0) is 18.6 Å². The molecule has 0 aliphatic carbocycles. The fourth-order valence-corrected chi connectivity index (χ4v) is 1.40. The molecule has 0 spiro atoms. The van der Waals surface area contributed by atoms with Crippen LogP contribution in [0.25, 0.3) is 0 Å². The van der Waals surface area contributed by atoms with Crippen molar-refractivity contribution in [3.8, 4) is 0 Å². The summed E-state index contributed by atoms with van der Waals surface area (Å²) in [6, 6.07) is 4.52. The van der Waals surface area contributed by atoms with Crippen molar-refractivity contribution in [3.63, 3.8) is 0 Å². The molecule has 1 nitrogen and oxygen atoms in total. The predicted molar refractivity (Wildman–Crippen MR) is 60.0 cm³/mol. The Morgan fingerprint density at radius 3 is 2.60 bits per heavy atom. The monoisotopic (exact) mass is 228 g/mol. The molecule has 1 aromatic rings. The first-order valence-corrected chi connectivity index (χ1v) is 5.29. The molecule has 0 aromatic heterocycles. The summed E-state index contributed by atoms with van der Waals surface area (Å²) in [5.74, 6) is -0.248. The summed E-state index contributed by atoms with van der Waals surface area (Å²) in [5, 5.41) is 0. The average Bonchev–Trinajstić information content (AvgIpc) is 2.21. The third kappa shape index (κ3) is 2.37. The highest BCUT2D eigenvalue weighted by molar-refractivity contribution is 6.21. The van der Waals surface area contributed by atoms with E-state index < -0.39 is 5.41 Å². The first kappa shape index (κ1) is 12.2. The van der Waals surface area contributed by atoms with Gasteiger partial charge in [0.25, 0.3) is 0 Å². The average molecular weight is 229 g/mol. The number of Topliss-reactive ketones (excluding diaryl/α,β-unsaturated/α-hetero) is 1. The van der Waals surface area contributed by atoms with Gasteiger partial charge in [0.1, 0.15) is 5.82 Å². The van der Waals surface area contributed by atoms with Crippen molar-refractivity contribution in [2.24, 2.45) is 5.41 Å². The second-order valence-corrected chi connectivity index (χ2v) is 4.53. The van der Waals surface area contributed by atoms with Crippen molar-refractivity contribution in [2.45, 2.75) is 20.8 Å². The van der Waals surface area contributed by atoms with Gasteiger partial charge in [0, 0.05) is 16.9 Å². The number of alkyl halides is 1. The summed E-state index contributed by atoms with van der Waals surface area (Å²) in [5.41, 5.74) is 0.154. The Morgan fingerprint density at radius 2 is 2.07 bits per heavy atom. The number of hydrogen-bond acceptors (Lipinski definition) is 1. The van der Waals surface area contributed by atoms with Crippen LogP contribution in [0.4, 0.5) is 4.39 Å². The summed E-state index contributed by atoms with van der Waals surface area (Å²) >= 11 is 5.72. The standard InChI is InChI=1S/C12H14ClFO/c1-8-9(5-4-6-10(8)14)11(15)12(2,3)7-13/h4-6H,7H2,1-3H3. The third-order valence-electron chi connectivity index (χ3n) is 2.46. The highest BCUT2D eigenvalue weighted by Crippen LogP contribution is 2.25. The van der Waals surface area contributed by atoms with Crippen molar-refractivity contribution in [1.29, 1.82) is 0 Å².